The van der Waals surface area contributed by atoms with Crippen molar-refractivity contribution in [1.82, 2.24) is 9.97 Å². The van der Waals surface area contributed by atoms with Crippen molar-refractivity contribution in [3.63, 3.8) is 0 Å². The van der Waals surface area contributed by atoms with Crippen LogP contribution in [0.15, 0.2) is 5.38 Å². The van der Waals surface area contributed by atoms with Crippen molar-refractivity contribution in [3.05, 3.63) is 16.1 Å². The molecule has 0 aromatic carbocycles. The molecule has 19 heavy (non-hydrogen) atoms. The number of nitrogens with one attached hydrogen (secondary N) is 1. The van der Waals surface area contributed by atoms with E-state index in [2.05, 4.69) is 41.4 Å². The Kier molecular flexibility index (Phi) is 4.90. The van der Waals surface area contributed by atoms with Gasteiger partial charge in [0.15, 0.2) is 5.13 Å². The van der Waals surface area contributed by atoms with Crippen molar-refractivity contribution < 1.29 is 4.74 Å². The van der Waals surface area contributed by atoms with E-state index in [1.54, 1.807) is 29.8 Å². The molecule has 1 N–H and O–H groups in total. The van der Waals surface area contributed by atoms with Gasteiger partial charge in [0, 0.05) is 25.0 Å². The van der Waals surface area contributed by atoms with Crippen LogP contribution in [0.1, 0.15) is 30.5 Å². The van der Waals surface area contributed by atoms with Gasteiger partial charge in [-0.05, 0) is 6.92 Å². The highest BCUT2D eigenvalue weighted by Crippen LogP contribution is 2.34. The van der Waals surface area contributed by atoms with Gasteiger partial charge in [-0.3, -0.25) is 0 Å². The number of hydrogen-bond donors (Lipinski definition) is 1. The Morgan fingerprint density at radius 3 is 2.79 bits per heavy atom. The lowest BCUT2D eigenvalue weighted by Gasteiger charge is -1.99. The molecule has 0 saturated heterocycles. The van der Waals surface area contributed by atoms with Crippen molar-refractivity contribution in [2.45, 2.75) is 26.7 Å². The highest BCUT2D eigenvalue weighted by Gasteiger charge is 2.14. The van der Waals surface area contributed by atoms with E-state index in [1.165, 1.54) is 9.88 Å². The number of aromatic nitrogens is 2. The first-order valence-corrected chi connectivity index (χ1v) is 7.97. The lowest BCUT2D eigenvalue weighted by molar-refractivity contribution is 0.211. The maximum atomic E-state index is 5.01. The summed E-state index contributed by atoms with van der Waals surface area (Å²) in [4.78, 5) is 10.4. The first-order valence-electron chi connectivity index (χ1n) is 6.28. The highest BCUT2D eigenvalue weighted by molar-refractivity contribution is 7.16. The van der Waals surface area contributed by atoms with Gasteiger partial charge in [-0.15, -0.1) is 22.7 Å². The number of aryl methyl sites for hydroxylation is 1. The predicted molar refractivity (Wildman–Crippen MR) is 82.4 cm³/mol. The van der Waals surface area contributed by atoms with Crippen molar-refractivity contribution in [2.24, 2.45) is 0 Å². The molecule has 0 spiro atoms. The zero-order valence-electron chi connectivity index (χ0n) is 11.7. The summed E-state index contributed by atoms with van der Waals surface area (Å²) in [5.41, 5.74) is 2.09. The van der Waals surface area contributed by atoms with E-state index in [0.717, 1.165) is 23.1 Å². The Bertz CT molecular complexity index is 534. The molecule has 4 nitrogen and oxygen atoms in total. The zero-order chi connectivity index (χ0) is 13.8. The van der Waals surface area contributed by atoms with E-state index in [0.29, 0.717) is 12.5 Å². The minimum Gasteiger partial charge on any atom is -0.383 e. The number of anilines is 1. The summed E-state index contributed by atoms with van der Waals surface area (Å²) in [6, 6.07) is 0. The molecule has 2 aromatic heterocycles. The molecule has 2 rings (SSSR count). The van der Waals surface area contributed by atoms with Crippen LogP contribution in [-0.4, -0.2) is 30.2 Å². The molecule has 0 aliphatic heterocycles. The third-order valence-corrected chi connectivity index (χ3v) is 4.91. The topological polar surface area (TPSA) is 47.0 Å². The number of nitrogens with zero attached hydrogens (tertiary/aromatic N) is 2. The minimum absolute atomic E-state index is 0.468. The predicted octanol–water partition coefficient (Wildman–Crippen LogP) is 3.76. The van der Waals surface area contributed by atoms with Crippen LogP contribution in [0.25, 0.3) is 10.6 Å². The van der Waals surface area contributed by atoms with Crippen LogP contribution >= 0.6 is 22.7 Å². The van der Waals surface area contributed by atoms with Crippen LogP contribution in [0.2, 0.25) is 0 Å². The summed E-state index contributed by atoms with van der Waals surface area (Å²) < 4.78 is 5.01. The molecule has 6 heteroatoms. The third-order valence-electron chi connectivity index (χ3n) is 2.63. The number of hydrogen-bond acceptors (Lipinski definition) is 6. The largest absolute Gasteiger partial charge is 0.383 e. The van der Waals surface area contributed by atoms with E-state index >= 15 is 0 Å². The van der Waals surface area contributed by atoms with Crippen LogP contribution < -0.4 is 5.32 Å². The van der Waals surface area contributed by atoms with Crippen LogP contribution in [0, 0.1) is 6.92 Å². The maximum Gasteiger partial charge on any atom is 0.183 e. The number of ether oxygens (including phenoxy) is 1. The van der Waals surface area contributed by atoms with Gasteiger partial charge >= 0.3 is 0 Å². The first kappa shape index (κ1) is 14.4. The lowest BCUT2D eigenvalue weighted by atomic mass is 10.2. The van der Waals surface area contributed by atoms with Crippen molar-refractivity contribution >= 4 is 27.8 Å². The second kappa shape index (κ2) is 6.45. The first-order chi connectivity index (χ1) is 9.11. The summed E-state index contributed by atoms with van der Waals surface area (Å²) >= 11 is 3.37. The van der Waals surface area contributed by atoms with Gasteiger partial charge < -0.3 is 10.1 Å². The number of methoxy groups -OCH3 is 1. The molecule has 0 amide bonds. The van der Waals surface area contributed by atoms with Gasteiger partial charge in [0.2, 0.25) is 0 Å². The number of rotatable bonds is 6. The molecule has 0 aliphatic carbocycles. The summed E-state index contributed by atoms with van der Waals surface area (Å²) in [5.74, 6) is 0.468. The highest BCUT2D eigenvalue weighted by atomic mass is 32.1. The van der Waals surface area contributed by atoms with Crippen molar-refractivity contribution in [1.29, 1.82) is 0 Å². The minimum atomic E-state index is 0.468. The average Bonchev–Trinajstić information content (AvgIpc) is 2.96. The molecule has 0 saturated carbocycles. The van der Waals surface area contributed by atoms with Gasteiger partial charge in [-0.2, -0.15) is 0 Å². The van der Waals surface area contributed by atoms with Crippen LogP contribution in [-0.2, 0) is 4.74 Å². The normalized spacial score (nSPS) is 11.2. The van der Waals surface area contributed by atoms with E-state index in [1.807, 2.05) is 0 Å². The fraction of sp³-hybridized carbons (Fsp3) is 0.538. The molecular weight excluding hydrogens is 278 g/mol. The fourth-order valence-corrected chi connectivity index (χ4v) is 3.46. The Hall–Kier alpha value is -0.980. The molecule has 0 atom stereocenters. The van der Waals surface area contributed by atoms with E-state index in [-0.39, 0.29) is 0 Å². The second-order valence-corrected chi connectivity index (χ2v) is 6.47. The Morgan fingerprint density at radius 1 is 1.37 bits per heavy atom. The zero-order valence-corrected chi connectivity index (χ0v) is 13.3. The summed E-state index contributed by atoms with van der Waals surface area (Å²) in [5, 5.41) is 7.45. The molecule has 0 bridgehead atoms. The van der Waals surface area contributed by atoms with E-state index < -0.39 is 0 Å². The Morgan fingerprint density at radius 2 is 2.16 bits per heavy atom. The molecular formula is C13H19N3OS2. The maximum absolute atomic E-state index is 5.01. The van der Waals surface area contributed by atoms with E-state index in [4.69, 9.17) is 4.74 Å². The molecule has 2 aromatic rings. The second-order valence-electron chi connectivity index (χ2n) is 4.58. The van der Waals surface area contributed by atoms with Crippen LogP contribution in [0.4, 0.5) is 5.13 Å². The summed E-state index contributed by atoms with van der Waals surface area (Å²) in [7, 11) is 1.70. The SMILES string of the molecule is COCCNc1nc(-c2sc(C(C)C)nc2C)cs1. The summed E-state index contributed by atoms with van der Waals surface area (Å²) in [6.07, 6.45) is 0. The van der Waals surface area contributed by atoms with Gasteiger partial charge in [0.1, 0.15) is 0 Å². The fourth-order valence-electron chi connectivity index (χ4n) is 1.62. The molecule has 0 aliphatic rings. The monoisotopic (exact) mass is 297 g/mol. The molecule has 0 unspecified atom stereocenters. The molecule has 0 fully saturated rings. The Labute approximate surface area is 121 Å². The standard InChI is InChI=1S/C13H19N3OS2/c1-8(2)12-15-9(3)11(19-12)10-7-18-13(16-10)14-5-6-17-4/h7-8H,5-6H2,1-4H3,(H,14,16). The van der Waals surface area contributed by atoms with Gasteiger partial charge in [0.05, 0.1) is 27.9 Å². The number of thiazole rings is 2. The quantitative estimate of drug-likeness (QED) is 0.825. The average molecular weight is 297 g/mol. The van der Waals surface area contributed by atoms with E-state index in [9.17, 15) is 0 Å². The van der Waals surface area contributed by atoms with Crippen molar-refractivity contribution in [2.75, 3.05) is 25.6 Å². The molecule has 0 radical (unpaired) electrons. The Balaban J connectivity index is 2.13. The molecule has 104 valence electrons. The smallest absolute Gasteiger partial charge is 0.183 e. The van der Waals surface area contributed by atoms with Crippen LogP contribution in [0.5, 0.6) is 0 Å². The third kappa shape index (κ3) is 3.52. The van der Waals surface area contributed by atoms with Gasteiger partial charge in [-0.25, -0.2) is 9.97 Å². The lowest BCUT2D eigenvalue weighted by Crippen LogP contribution is -2.06. The summed E-state index contributed by atoms with van der Waals surface area (Å²) in [6.45, 7) is 7.85. The van der Waals surface area contributed by atoms with Crippen LogP contribution in [0.3, 0.4) is 0 Å². The van der Waals surface area contributed by atoms with Gasteiger partial charge in [0.25, 0.3) is 0 Å². The molecule has 2 heterocycles. The van der Waals surface area contributed by atoms with Gasteiger partial charge in [-0.1, -0.05) is 13.8 Å². The van der Waals surface area contributed by atoms with Crippen molar-refractivity contribution in [3.8, 4) is 10.6 Å².